The predicted molar refractivity (Wildman–Crippen MR) is 105 cm³/mol. The van der Waals surface area contributed by atoms with Gasteiger partial charge in [-0.15, -0.1) is 0 Å². The molecule has 1 aromatic carbocycles. The zero-order valence-corrected chi connectivity index (χ0v) is 15.7. The van der Waals surface area contributed by atoms with Gasteiger partial charge in [-0.05, 0) is 23.9 Å². The van der Waals surface area contributed by atoms with E-state index in [0.29, 0.717) is 6.54 Å². The Labute approximate surface area is 154 Å². The molecule has 0 unspecified atom stereocenters. The van der Waals surface area contributed by atoms with Crippen molar-refractivity contribution < 1.29 is 4.52 Å². The third-order valence-electron chi connectivity index (χ3n) is 4.54. The van der Waals surface area contributed by atoms with Crippen molar-refractivity contribution in [2.75, 3.05) is 13.6 Å². The average molecular weight is 353 g/mol. The fraction of sp³-hybridized carbons (Fsp3) is 0.400. The quantitative estimate of drug-likeness (QED) is 0.450. The number of rotatable bonds is 7. The fourth-order valence-corrected chi connectivity index (χ4v) is 3.11. The Morgan fingerprint density at radius 2 is 2.04 bits per heavy atom. The number of guanidine groups is 1. The Kier molecular flexibility index (Phi) is 5.94. The molecule has 3 N–H and O–H groups in total. The van der Waals surface area contributed by atoms with Gasteiger partial charge in [-0.3, -0.25) is 4.99 Å². The van der Waals surface area contributed by atoms with Gasteiger partial charge < -0.3 is 20.1 Å². The molecule has 3 rings (SSSR count). The van der Waals surface area contributed by atoms with Crippen molar-refractivity contribution in [1.82, 2.24) is 20.8 Å². The summed E-state index contributed by atoms with van der Waals surface area (Å²) in [5, 5.41) is 12.1. The highest BCUT2D eigenvalue weighted by Gasteiger charge is 2.13. The van der Waals surface area contributed by atoms with Gasteiger partial charge in [0.05, 0.1) is 5.69 Å². The summed E-state index contributed by atoms with van der Waals surface area (Å²) in [7, 11) is 1.79. The lowest BCUT2D eigenvalue weighted by molar-refractivity contribution is 0.380. The van der Waals surface area contributed by atoms with Gasteiger partial charge in [0.25, 0.3) is 0 Å². The van der Waals surface area contributed by atoms with Gasteiger partial charge in [0.15, 0.2) is 5.96 Å². The second kappa shape index (κ2) is 8.56. The lowest BCUT2D eigenvalue weighted by atomic mass is 10.1. The molecule has 0 saturated heterocycles. The second-order valence-electron chi connectivity index (χ2n) is 6.22. The van der Waals surface area contributed by atoms with Crippen LogP contribution in [-0.2, 0) is 25.8 Å². The summed E-state index contributed by atoms with van der Waals surface area (Å²) in [6.45, 7) is 5.64. The number of para-hydroxylation sites is 1. The minimum atomic E-state index is 0.669. The van der Waals surface area contributed by atoms with Crippen LogP contribution >= 0.6 is 0 Å². The standard InChI is InChI=1S/C20H27N5O/c1-4-17-16(19(5-2)26-25-17)13-23-20(21-3)22-11-10-15-12-14-8-6-7-9-18(14)24-15/h6-9,12,24H,4-5,10-11,13H2,1-3H3,(H2,21,22,23). The fourth-order valence-electron chi connectivity index (χ4n) is 3.11. The average Bonchev–Trinajstić information content (AvgIpc) is 3.27. The first-order valence-electron chi connectivity index (χ1n) is 9.22. The second-order valence-corrected chi connectivity index (χ2v) is 6.22. The summed E-state index contributed by atoms with van der Waals surface area (Å²) in [6.07, 6.45) is 2.62. The number of nitrogens with zero attached hydrogens (tertiary/aromatic N) is 2. The topological polar surface area (TPSA) is 78.2 Å². The minimum Gasteiger partial charge on any atom is -0.361 e. The SMILES string of the molecule is CCc1noc(CC)c1CNC(=NC)NCCc1cc2ccccc2[nH]1. The maximum atomic E-state index is 5.42. The highest BCUT2D eigenvalue weighted by molar-refractivity contribution is 5.81. The molecule has 2 aromatic heterocycles. The summed E-state index contributed by atoms with van der Waals surface area (Å²) in [5.41, 5.74) is 4.56. The van der Waals surface area contributed by atoms with E-state index in [1.807, 2.05) is 6.07 Å². The molecule has 0 radical (unpaired) electrons. The number of aromatic amines is 1. The van der Waals surface area contributed by atoms with Gasteiger partial charge in [0.1, 0.15) is 5.76 Å². The van der Waals surface area contributed by atoms with Gasteiger partial charge in [0.2, 0.25) is 0 Å². The van der Waals surface area contributed by atoms with Crippen molar-refractivity contribution in [3.63, 3.8) is 0 Å². The number of H-pyrrole nitrogens is 1. The molecular formula is C20H27N5O. The predicted octanol–water partition coefficient (Wildman–Crippen LogP) is 3.19. The van der Waals surface area contributed by atoms with Crippen molar-refractivity contribution in [2.45, 2.75) is 39.7 Å². The molecule has 0 saturated carbocycles. The van der Waals surface area contributed by atoms with Gasteiger partial charge in [-0.1, -0.05) is 37.2 Å². The Balaban J connectivity index is 1.53. The van der Waals surface area contributed by atoms with E-state index < -0.39 is 0 Å². The van der Waals surface area contributed by atoms with E-state index in [-0.39, 0.29) is 0 Å². The van der Waals surface area contributed by atoms with E-state index in [2.05, 4.69) is 63.9 Å². The Morgan fingerprint density at radius 1 is 1.19 bits per heavy atom. The van der Waals surface area contributed by atoms with Gasteiger partial charge >= 0.3 is 0 Å². The normalized spacial score (nSPS) is 11.9. The molecular weight excluding hydrogens is 326 g/mol. The van der Waals surface area contributed by atoms with E-state index in [4.69, 9.17) is 4.52 Å². The number of aliphatic imine (C=N–C) groups is 1. The Morgan fingerprint density at radius 3 is 2.77 bits per heavy atom. The minimum absolute atomic E-state index is 0.669. The molecule has 3 aromatic rings. The van der Waals surface area contributed by atoms with Crippen LogP contribution in [0.3, 0.4) is 0 Å². The van der Waals surface area contributed by atoms with Gasteiger partial charge in [-0.25, -0.2) is 0 Å². The van der Waals surface area contributed by atoms with Crippen LogP contribution in [0.25, 0.3) is 10.9 Å². The van der Waals surface area contributed by atoms with Crippen LogP contribution in [0, 0.1) is 0 Å². The maximum absolute atomic E-state index is 5.42. The van der Waals surface area contributed by atoms with E-state index in [0.717, 1.165) is 48.8 Å². The monoisotopic (exact) mass is 353 g/mol. The van der Waals surface area contributed by atoms with Crippen LogP contribution in [0.4, 0.5) is 0 Å². The molecule has 0 spiro atoms. The van der Waals surface area contributed by atoms with Crippen molar-refractivity contribution in [3.8, 4) is 0 Å². The summed E-state index contributed by atoms with van der Waals surface area (Å²) in [6, 6.07) is 10.5. The van der Waals surface area contributed by atoms with Crippen LogP contribution in [0.1, 0.15) is 36.6 Å². The number of benzene rings is 1. The molecule has 6 nitrogen and oxygen atoms in total. The van der Waals surface area contributed by atoms with Crippen molar-refractivity contribution in [2.24, 2.45) is 4.99 Å². The van der Waals surface area contributed by atoms with Gasteiger partial charge in [-0.2, -0.15) is 0 Å². The summed E-state index contributed by atoms with van der Waals surface area (Å²) >= 11 is 0. The first kappa shape index (κ1) is 18.0. The number of hydrogen-bond donors (Lipinski definition) is 3. The smallest absolute Gasteiger partial charge is 0.191 e. The van der Waals surface area contributed by atoms with E-state index in [1.54, 1.807) is 7.05 Å². The van der Waals surface area contributed by atoms with Gasteiger partial charge in [0, 0.05) is 49.8 Å². The lowest BCUT2D eigenvalue weighted by Gasteiger charge is -2.12. The molecule has 0 amide bonds. The van der Waals surface area contributed by atoms with Crippen LogP contribution < -0.4 is 10.6 Å². The van der Waals surface area contributed by atoms with Crippen molar-refractivity contribution >= 4 is 16.9 Å². The van der Waals surface area contributed by atoms with Crippen molar-refractivity contribution in [1.29, 1.82) is 0 Å². The van der Waals surface area contributed by atoms with Crippen molar-refractivity contribution in [3.05, 3.63) is 53.0 Å². The van der Waals surface area contributed by atoms with Crippen LogP contribution in [0.5, 0.6) is 0 Å². The van der Waals surface area contributed by atoms with Crippen LogP contribution in [0.15, 0.2) is 39.8 Å². The Bertz CT molecular complexity index is 823. The molecule has 0 bridgehead atoms. The molecule has 26 heavy (non-hydrogen) atoms. The summed E-state index contributed by atoms with van der Waals surface area (Å²) in [4.78, 5) is 7.76. The summed E-state index contributed by atoms with van der Waals surface area (Å²) < 4.78 is 5.42. The molecule has 0 aliphatic rings. The maximum Gasteiger partial charge on any atom is 0.191 e. The number of aryl methyl sites for hydroxylation is 2. The van der Waals surface area contributed by atoms with E-state index >= 15 is 0 Å². The number of hydrogen-bond acceptors (Lipinski definition) is 3. The number of nitrogens with one attached hydrogen (secondary N) is 3. The van der Waals surface area contributed by atoms with E-state index in [9.17, 15) is 0 Å². The third-order valence-corrected chi connectivity index (χ3v) is 4.54. The first-order chi connectivity index (χ1) is 12.7. The molecule has 0 fully saturated rings. The summed E-state index contributed by atoms with van der Waals surface area (Å²) in [5.74, 6) is 1.73. The molecule has 0 aliphatic heterocycles. The zero-order chi connectivity index (χ0) is 18.4. The zero-order valence-electron chi connectivity index (χ0n) is 15.7. The largest absolute Gasteiger partial charge is 0.361 e. The molecule has 138 valence electrons. The van der Waals surface area contributed by atoms with E-state index in [1.165, 1.54) is 16.6 Å². The molecule has 0 atom stereocenters. The lowest BCUT2D eigenvalue weighted by Crippen LogP contribution is -2.38. The highest BCUT2D eigenvalue weighted by atomic mass is 16.5. The molecule has 2 heterocycles. The molecule has 6 heteroatoms. The highest BCUT2D eigenvalue weighted by Crippen LogP contribution is 2.16. The van der Waals surface area contributed by atoms with Crippen LogP contribution in [0.2, 0.25) is 0 Å². The first-order valence-corrected chi connectivity index (χ1v) is 9.22. The number of fused-ring (bicyclic) bond motifs is 1. The van der Waals surface area contributed by atoms with Crippen LogP contribution in [-0.4, -0.2) is 29.7 Å². The molecule has 0 aliphatic carbocycles. The Hall–Kier alpha value is -2.76. The third kappa shape index (κ3) is 4.07. The number of aromatic nitrogens is 2.